The minimum Gasteiger partial charge on any atom is -0.348 e. The molecule has 3 aliphatic rings. The van der Waals surface area contributed by atoms with Gasteiger partial charge in [0.15, 0.2) is 5.79 Å². The Hall–Kier alpha value is -0.0800. The monoisotopic (exact) mass is 294 g/mol. The van der Waals surface area contributed by atoms with Crippen molar-refractivity contribution in [2.45, 2.75) is 83.8 Å². The van der Waals surface area contributed by atoms with E-state index >= 15 is 0 Å². The van der Waals surface area contributed by atoms with Gasteiger partial charge < -0.3 is 9.47 Å². The lowest BCUT2D eigenvalue weighted by atomic mass is 9.68. The van der Waals surface area contributed by atoms with Crippen LogP contribution in [-0.4, -0.2) is 19.0 Å². The van der Waals surface area contributed by atoms with Gasteiger partial charge in [0.2, 0.25) is 0 Å². The van der Waals surface area contributed by atoms with Gasteiger partial charge in [0.05, 0.1) is 13.2 Å². The molecule has 0 aromatic rings. The molecule has 3 fully saturated rings. The van der Waals surface area contributed by atoms with Crippen LogP contribution >= 0.6 is 0 Å². The summed E-state index contributed by atoms with van der Waals surface area (Å²) in [6, 6.07) is 0. The molecule has 0 aromatic heterocycles. The van der Waals surface area contributed by atoms with Crippen LogP contribution in [-0.2, 0) is 9.47 Å². The van der Waals surface area contributed by atoms with E-state index in [0.29, 0.717) is 0 Å². The topological polar surface area (TPSA) is 18.5 Å². The standard InChI is InChI=1S/C19H34O2/c1-3-5-16-7-8-18(14-15(16)2)17-6-4-10-19(11-9-17)20-12-13-21-19/h15-18H,3-14H2,1-2H3. The third kappa shape index (κ3) is 3.64. The molecule has 2 saturated carbocycles. The smallest absolute Gasteiger partial charge is 0.168 e. The van der Waals surface area contributed by atoms with Crippen LogP contribution in [0.15, 0.2) is 0 Å². The normalized spacial score (nSPS) is 40.3. The highest BCUT2D eigenvalue weighted by atomic mass is 16.7. The molecule has 1 spiro atoms. The molecular weight excluding hydrogens is 260 g/mol. The summed E-state index contributed by atoms with van der Waals surface area (Å²) >= 11 is 0. The lowest BCUT2D eigenvalue weighted by Crippen LogP contribution is -2.30. The van der Waals surface area contributed by atoms with E-state index in [1.165, 1.54) is 51.4 Å². The van der Waals surface area contributed by atoms with Crippen LogP contribution in [0.4, 0.5) is 0 Å². The molecule has 2 nitrogen and oxygen atoms in total. The molecular formula is C19H34O2. The first-order chi connectivity index (χ1) is 10.2. The van der Waals surface area contributed by atoms with Gasteiger partial charge in [-0.05, 0) is 62.2 Å². The SMILES string of the molecule is CCCC1CCC(C2CCCC3(CC2)OCCO3)CC1C. The van der Waals surface area contributed by atoms with Crippen LogP contribution in [0.3, 0.4) is 0 Å². The molecule has 1 aliphatic heterocycles. The molecule has 1 saturated heterocycles. The Kier molecular flexibility index (Phi) is 5.27. The highest BCUT2D eigenvalue weighted by Crippen LogP contribution is 2.45. The molecule has 2 aliphatic carbocycles. The third-order valence-corrected chi connectivity index (χ3v) is 6.56. The molecule has 4 atom stereocenters. The zero-order valence-corrected chi connectivity index (χ0v) is 14.1. The summed E-state index contributed by atoms with van der Waals surface area (Å²) in [5.74, 6) is 3.68. The Bertz CT molecular complexity index is 322. The maximum absolute atomic E-state index is 5.94. The maximum atomic E-state index is 5.94. The van der Waals surface area contributed by atoms with E-state index < -0.39 is 0 Å². The van der Waals surface area contributed by atoms with Crippen LogP contribution in [0.25, 0.3) is 0 Å². The fourth-order valence-electron chi connectivity index (χ4n) is 5.29. The fraction of sp³-hybridized carbons (Fsp3) is 1.00. The second-order valence-corrected chi connectivity index (χ2v) is 7.90. The summed E-state index contributed by atoms with van der Waals surface area (Å²) < 4.78 is 11.9. The first-order valence-electron chi connectivity index (χ1n) is 9.50. The van der Waals surface area contributed by atoms with Crippen molar-refractivity contribution in [2.24, 2.45) is 23.7 Å². The lowest BCUT2D eigenvalue weighted by molar-refractivity contribution is -0.165. The van der Waals surface area contributed by atoms with E-state index in [1.807, 2.05) is 0 Å². The molecule has 0 amide bonds. The molecule has 2 heteroatoms. The first-order valence-corrected chi connectivity index (χ1v) is 9.50. The Morgan fingerprint density at radius 2 is 1.76 bits per heavy atom. The van der Waals surface area contributed by atoms with Crippen LogP contribution in [0.1, 0.15) is 78.1 Å². The maximum Gasteiger partial charge on any atom is 0.168 e. The zero-order valence-electron chi connectivity index (χ0n) is 14.1. The molecule has 3 rings (SSSR count). The average molecular weight is 294 g/mol. The lowest BCUT2D eigenvalue weighted by Gasteiger charge is -2.38. The summed E-state index contributed by atoms with van der Waals surface area (Å²) in [6.45, 7) is 6.46. The summed E-state index contributed by atoms with van der Waals surface area (Å²) in [5, 5.41) is 0. The second kappa shape index (κ2) is 7.00. The van der Waals surface area contributed by atoms with Crippen molar-refractivity contribution >= 4 is 0 Å². The Labute approximate surface area is 131 Å². The van der Waals surface area contributed by atoms with E-state index in [0.717, 1.165) is 49.7 Å². The van der Waals surface area contributed by atoms with Gasteiger partial charge in [0.25, 0.3) is 0 Å². The molecule has 4 unspecified atom stereocenters. The second-order valence-electron chi connectivity index (χ2n) is 7.90. The van der Waals surface area contributed by atoms with E-state index in [9.17, 15) is 0 Å². The van der Waals surface area contributed by atoms with Gasteiger partial charge in [-0.1, -0.05) is 26.7 Å². The van der Waals surface area contributed by atoms with Crippen LogP contribution in [0, 0.1) is 23.7 Å². The predicted molar refractivity (Wildman–Crippen MR) is 86.1 cm³/mol. The van der Waals surface area contributed by atoms with Crippen LogP contribution < -0.4 is 0 Å². The Balaban J connectivity index is 1.53. The van der Waals surface area contributed by atoms with Gasteiger partial charge in [0, 0.05) is 12.8 Å². The summed E-state index contributed by atoms with van der Waals surface area (Å²) in [7, 11) is 0. The molecule has 122 valence electrons. The molecule has 0 bridgehead atoms. The zero-order chi connectivity index (χ0) is 14.7. The highest BCUT2D eigenvalue weighted by Gasteiger charge is 2.40. The van der Waals surface area contributed by atoms with Crippen molar-refractivity contribution in [2.75, 3.05) is 13.2 Å². The Morgan fingerprint density at radius 3 is 2.48 bits per heavy atom. The van der Waals surface area contributed by atoms with Crippen molar-refractivity contribution in [3.63, 3.8) is 0 Å². The average Bonchev–Trinajstić information content (AvgIpc) is 2.83. The largest absolute Gasteiger partial charge is 0.348 e. The first kappa shape index (κ1) is 15.8. The minimum absolute atomic E-state index is 0.181. The molecule has 0 N–H and O–H groups in total. The van der Waals surface area contributed by atoms with Gasteiger partial charge >= 0.3 is 0 Å². The minimum atomic E-state index is -0.181. The third-order valence-electron chi connectivity index (χ3n) is 6.56. The van der Waals surface area contributed by atoms with Crippen molar-refractivity contribution in [1.29, 1.82) is 0 Å². The quantitative estimate of drug-likeness (QED) is 0.715. The van der Waals surface area contributed by atoms with E-state index in [2.05, 4.69) is 13.8 Å². The van der Waals surface area contributed by atoms with Crippen molar-refractivity contribution in [3.05, 3.63) is 0 Å². The van der Waals surface area contributed by atoms with Crippen molar-refractivity contribution in [3.8, 4) is 0 Å². The fourth-order valence-corrected chi connectivity index (χ4v) is 5.29. The molecule has 0 aromatic carbocycles. The van der Waals surface area contributed by atoms with Gasteiger partial charge in [0.1, 0.15) is 0 Å². The number of hydrogen-bond acceptors (Lipinski definition) is 2. The molecule has 21 heavy (non-hydrogen) atoms. The number of hydrogen-bond donors (Lipinski definition) is 0. The van der Waals surface area contributed by atoms with Gasteiger partial charge in [-0.25, -0.2) is 0 Å². The van der Waals surface area contributed by atoms with E-state index in [1.54, 1.807) is 0 Å². The number of ether oxygens (including phenoxy) is 2. The van der Waals surface area contributed by atoms with E-state index in [4.69, 9.17) is 9.47 Å². The summed E-state index contributed by atoms with van der Waals surface area (Å²) in [6.07, 6.45) is 13.6. The van der Waals surface area contributed by atoms with Gasteiger partial charge in [-0.15, -0.1) is 0 Å². The van der Waals surface area contributed by atoms with Crippen LogP contribution in [0.2, 0.25) is 0 Å². The van der Waals surface area contributed by atoms with Crippen molar-refractivity contribution < 1.29 is 9.47 Å². The number of rotatable bonds is 3. The van der Waals surface area contributed by atoms with Gasteiger partial charge in [-0.3, -0.25) is 0 Å². The molecule has 1 heterocycles. The highest BCUT2D eigenvalue weighted by molar-refractivity contribution is 4.86. The summed E-state index contributed by atoms with van der Waals surface area (Å²) in [4.78, 5) is 0. The van der Waals surface area contributed by atoms with Gasteiger partial charge in [-0.2, -0.15) is 0 Å². The molecule has 0 radical (unpaired) electrons. The van der Waals surface area contributed by atoms with E-state index in [-0.39, 0.29) is 5.79 Å². The summed E-state index contributed by atoms with van der Waals surface area (Å²) in [5.41, 5.74) is 0. The van der Waals surface area contributed by atoms with Crippen molar-refractivity contribution in [1.82, 2.24) is 0 Å². The Morgan fingerprint density at radius 1 is 0.952 bits per heavy atom. The predicted octanol–water partition coefficient (Wildman–Crippen LogP) is 5.16. The van der Waals surface area contributed by atoms with Crippen LogP contribution in [0.5, 0.6) is 0 Å².